The summed E-state index contributed by atoms with van der Waals surface area (Å²) < 4.78 is 20.8. The average Bonchev–Trinajstić information content (AvgIpc) is 3.38. The predicted octanol–water partition coefficient (Wildman–Crippen LogP) is 6.69. The van der Waals surface area contributed by atoms with Crippen LogP contribution >= 0.6 is 23.1 Å². The second kappa shape index (κ2) is 12.7. The average molecular weight is 517 g/mol. The number of hydrogen-bond donors (Lipinski definition) is 1. The van der Waals surface area contributed by atoms with E-state index in [0.29, 0.717) is 24.2 Å². The van der Waals surface area contributed by atoms with Gasteiger partial charge in [0.2, 0.25) is 0 Å². The minimum atomic E-state index is -1.12. The molecule has 1 aromatic carbocycles. The molecular formula is C27H33FN2O3S2. The number of benzene rings is 1. The number of thioether (sulfide) groups is 1. The summed E-state index contributed by atoms with van der Waals surface area (Å²) in [5, 5.41) is 14.5. The topological polar surface area (TPSA) is 62.7 Å². The highest BCUT2D eigenvalue weighted by molar-refractivity contribution is 7.99. The van der Waals surface area contributed by atoms with Crippen molar-refractivity contribution < 1.29 is 19.0 Å². The maximum Gasteiger partial charge on any atom is 0.303 e. The van der Waals surface area contributed by atoms with Crippen LogP contribution in [0.1, 0.15) is 43.8 Å². The van der Waals surface area contributed by atoms with Gasteiger partial charge >= 0.3 is 5.97 Å². The van der Waals surface area contributed by atoms with Gasteiger partial charge in [-0.3, -0.25) is 9.78 Å². The highest BCUT2D eigenvalue weighted by Gasteiger charge is 2.31. The number of ether oxygens (including phenoxy) is 1. The number of carboxylic acid groups (broad SMARTS) is 1. The number of aliphatic carboxylic acids is 1. The lowest BCUT2D eigenvalue weighted by molar-refractivity contribution is -0.139. The minimum Gasteiger partial charge on any atom is -0.497 e. The van der Waals surface area contributed by atoms with E-state index in [9.17, 15) is 9.90 Å². The fraction of sp³-hybridized carbons (Fsp3) is 0.481. The molecule has 0 bridgehead atoms. The minimum absolute atomic E-state index is 0.0623. The van der Waals surface area contributed by atoms with Crippen LogP contribution in [0.5, 0.6) is 5.75 Å². The van der Waals surface area contributed by atoms with E-state index < -0.39 is 12.1 Å². The maximum absolute atomic E-state index is 15.4. The Kier molecular flexibility index (Phi) is 9.40. The zero-order valence-electron chi connectivity index (χ0n) is 20.1. The van der Waals surface area contributed by atoms with Crippen molar-refractivity contribution in [3.05, 3.63) is 52.9 Å². The summed E-state index contributed by atoms with van der Waals surface area (Å²) in [6.07, 6.45) is 3.76. The number of thiophene rings is 1. The molecule has 0 radical (unpaired) electrons. The highest BCUT2D eigenvalue weighted by Crippen LogP contribution is 2.36. The van der Waals surface area contributed by atoms with Gasteiger partial charge in [-0.2, -0.15) is 11.3 Å². The van der Waals surface area contributed by atoms with Crippen LogP contribution in [-0.4, -0.2) is 53.5 Å². The van der Waals surface area contributed by atoms with Gasteiger partial charge in [0.05, 0.1) is 12.6 Å². The van der Waals surface area contributed by atoms with Gasteiger partial charge in [0.25, 0.3) is 0 Å². The first-order valence-electron chi connectivity index (χ1n) is 12.2. The molecule has 1 saturated heterocycles. The second-order valence-corrected chi connectivity index (χ2v) is 11.1. The van der Waals surface area contributed by atoms with E-state index in [1.165, 1.54) is 4.90 Å². The van der Waals surface area contributed by atoms with E-state index in [2.05, 4.69) is 26.7 Å². The Bertz CT molecular complexity index is 1100. The molecular weight excluding hydrogens is 483 g/mol. The number of carboxylic acids is 1. The van der Waals surface area contributed by atoms with Crippen molar-refractivity contribution >= 4 is 40.0 Å². The van der Waals surface area contributed by atoms with Gasteiger partial charge in [-0.25, -0.2) is 4.39 Å². The van der Waals surface area contributed by atoms with E-state index in [-0.39, 0.29) is 18.3 Å². The Hall–Kier alpha value is -2.16. The van der Waals surface area contributed by atoms with Crippen molar-refractivity contribution in [2.24, 2.45) is 11.8 Å². The third-order valence-electron chi connectivity index (χ3n) is 6.91. The monoisotopic (exact) mass is 516 g/mol. The van der Waals surface area contributed by atoms with Crippen LogP contribution in [0, 0.1) is 11.8 Å². The molecule has 0 spiro atoms. The number of rotatable bonds is 12. The molecule has 0 aliphatic carbocycles. The van der Waals surface area contributed by atoms with Gasteiger partial charge in [0.1, 0.15) is 11.9 Å². The van der Waals surface area contributed by atoms with Gasteiger partial charge in [0, 0.05) is 34.8 Å². The summed E-state index contributed by atoms with van der Waals surface area (Å²) in [7, 11) is 1.60. The quantitative estimate of drug-likeness (QED) is 0.214. The number of hydrogen-bond acceptors (Lipinski definition) is 6. The van der Waals surface area contributed by atoms with E-state index >= 15 is 4.39 Å². The number of piperidine rings is 1. The molecule has 188 valence electrons. The SMILES string of the molecule is COc1ccc2nccc(C(F)CC[C@@H]3CCN(CCCSc4ccsc4)C[C@@H]3CC(=O)O)c2c1. The molecule has 35 heavy (non-hydrogen) atoms. The van der Waals surface area contributed by atoms with Crippen molar-refractivity contribution in [3.8, 4) is 5.75 Å². The molecule has 5 nitrogen and oxygen atoms in total. The van der Waals surface area contributed by atoms with E-state index in [1.807, 2.05) is 30.0 Å². The maximum atomic E-state index is 15.4. The number of pyridine rings is 1. The first-order chi connectivity index (χ1) is 17.0. The summed E-state index contributed by atoms with van der Waals surface area (Å²) in [5.74, 6) is 1.27. The highest BCUT2D eigenvalue weighted by atomic mass is 32.2. The van der Waals surface area contributed by atoms with Crippen molar-refractivity contribution in [3.63, 3.8) is 0 Å². The van der Waals surface area contributed by atoms with Gasteiger partial charge in [-0.15, -0.1) is 11.8 Å². The van der Waals surface area contributed by atoms with E-state index in [0.717, 1.165) is 49.1 Å². The zero-order valence-corrected chi connectivity index (χ0v) is 21.7. The summed E-state index contributed by atoms with van der Waals surface area (Å²) in [4.78, 5) is 19.6. The Labute approximate surface area is 214 Å². The Balaban J connectivity index is 1.32. The number of nitrogens with zero attached hydrogens (tertiary/aromatic N) is 2. The molecule has 0 amide bonds. The van der Waals surface area contributed by atoms with Crippen LogP contribution in [0.25, 0.3) is 10.9 Å². The first kappa shape index (κ1) is 25.9. The summed E-state index contributed by atoms with van der Waals surface area (Å²) in [6.45, 7) is 2.72. The molecule has 1 aliphatic heterocycles. The molecule has 3 heterocycles. The van der Waals surface area contributed by atoms with Crippen LogP contribution < -0.4 is 4.74 Å². The van der Waals surface area contributed by atoms with Crippen molar-refractivity contribution in [2.45, 2.75) is 43.2 Å². The Morgan fingerprint density at radius 2 is 2.23 bits per heavy atom. The molecule has 4 rings (SSSR count). The number of carbonyl (C=O) groups is 1. The predicted molar refractivity (Wildman–Crippen MR) is 141 cm³/mol. The fourth-order valence-electron chi connectivity index (χ4n) is 5.07. The number of aromatic nitrogens is 1. The first-order valence-corrected chi connectivity index (χ1v) is 14.1. The number of alkyl halides is 1. The van der Waals surface area contributed by atoms with Crippen LogP contribution in [-0.2, 0) is 4.79 Å². The van der Waals surface area contributed by atoms with Crippen molar-refractivity contribution in [1.82, 2.24) is 9.88 Å². The normalized spacial score (nSPS) is 19.6. The molecule has 3 atom stereocenters. The van der Waals surface area contributed by atoms with Crippen molar-refractivity contribution in [2.75, 3.05) is 32.5 Å². The lowest BCUT2D eigenvalue weighted by Crippen LogP contribution is -2.42. The van der Waals surface area contributed by atoms with E-state index in [1.54, 1.807) is 30.7 Å². The molecule has 3 aromatic rings. The molecule has 1 unspecified atom stereocenters. The fourth-order valence-corrected chi connectivity index (χ4v) is 6.78. The third-order valence-corrected chi connectivity index (χ3v) is 8.82. The number of halogens is 1. The lowest BCUT2D eigenvalue weighted by Gasteiger charge is -2.38. The largest absolute Gasteiger partial charge is 0.497 e. The molecule has 1 aliphatic rings. The molecule has 8 heteroatoms. The number of fused-ring (bicyclic) bond motifs is 1. The zero-order chi connectivity index (χ0) is 24.6. The van der Waals surface area contributed by atoms with Crippen LogP contribution in [0.3, 0.4) is 0 Å². The van der Waals surface area contributed by atoms with Gasteiger partial charge in [-0.1, -0.05) is 0 Å². The third kappa shape index (κ3) is 7.18. The van der Waals surface area contributed by atoms with Crippen LogP contribution in [0.2, 0.25) is 0 Å². The van der Waals surface area contributed by atoms with Crippen LogP contribution in [0.15, 0.2) is 52.2 Å². The summed E-state index contributed by atoms with van der Waals surface area (Å²) in [5.41, 5.74) is 1.38. The van der Waals surface area contributed by atoms with Gasteiger partial charge < -0.3 is 14.7 Å². The standard InChI is InChI=1S/C27H33FN2O3S2/c1-33-21-4-6-26-24(16-21)23(7-10-29-26)25(28)5-3-19-8-12-30(17-20(19)15-27(31)32)11-2-13-35-22-9-14-34-18-22/h4,6-7,9-10,14,16,18-20,25H,2-3,5,8,11-13,15,17H2,1H3,(H,31,32)/t19-,20+,25?/m1/s1. The summed E-state index contributed by atoms with van der Waals surface area (Å²) >= 11 is 3.59. The van der Waals surface area contributed by atoms with Gasteiger partial charge in [0.15, 0.2) is 0 Å². The van der Waals surface area contributed by atoms with Gasteiger partial charge in [-0.05, 0) is 97.6 Å². The lowest BCUT2D eigenvalue weighted by atomic mass is 9.79. The van der Waals surface area contributed by atoms with Crippen molar-refractivity contribution in [1.29, 1.82) is 0 Å². The Morgan fingerprint density at radius 3 is 3.00 bits per heavy atom. The number of methoxy groups -OCH3 is 1. The number of likely N-dealkylation sites (tertiary alicyclic amines) is 1. The summed E-state index contributed by atoms with van der Waals surface area (Å²) in [6, 6.07) is 9.41. The molecule has 1 fully saturated rings. The molecule has 0 saturated carbocycles. The van der Waals surface area contributed by atoms with Crippen LogP contribution in [0.4, 0.5) is 4.39 Å². The molecule has 2 aromatic heterocycles. The smallest absolute Gasteiger partial charge is 0.303 e. The molecule has 1 N–H and O–H groups in total. The Morgan fingerprint density at radius 1 is 1.34 bits per heavy atom. The van der Waals surface area contributed by atoms with E-state index in [4.69, 9.17) is 4.74 Å². The second-order valence-electron chi connectivity index (χ2n) is 9.20.